The van der Waals surface area contributed by atoms with Gasteiger partial charge in [-0.25, -0.2) is 0 Å². The fourth-order valence-electron chi connectivity index (χ4n) is 3.55. The second kappa shape index (κ2) is 11.2. The number of amides is 2. The number of benzene rings is 2. The number of aromatic nitrogens is 2. The van der Waals surface area contributed by atoms with Crippen LogP contribution in [0.25, 0.3) is 0 Å². The fourth-order valence-corrected chi connectivity index (χ4v) is 3.55. The molecule has 0 aliphatic rings. The summed E-state index contributed by atoms with van der Waals surface area (Å²) in [5, 5.41) is 10.2. The van der Waals surface area contributed by atoms with Gasteiger partial charge < -0.3 is 10.6 Å². The maximum Gasteiger partial charge on any atom is 0.255 e. The summed E-state index contributed by atoms with van der Waals surface area (Å²) in [7, 11) is 0. The van der Waals surface area contributed by atoms with Crippen LogP contribution in [0.15, 0.2) is 54.6 Å². The Hall–Kier alpha value is -3.74. The number of Topliss-reactive ketones (excluding diaryl/α,β-unsaturated/α-hetero) is 1. The van der Waals surface area contributed by atoms with E-state index in [1.165, 1.54) is 0 Å². The lowest BCUT2D eigenvalue weighted by Crippen LogP contribution is -2.16. The molecule has 1 aromatic heterocycles. The molecule has 2 aromatic carbocycles. The van der Waals surface area contributed by atoms with Gasteiger partial charge in [-0.2, -0.15) is 5.10 Å². The Bertz CT molecular complexity index is 1140. The highest BCUT2D eigenvalue weighted by molar-refractivity contribution is 6.06. The zero-order valence-corrected chi connectivity index (χ0v) is 19.4. The molecule has 0 atom stereocenters. The first-order valence-electron chi connectivity index (χ1n) is 11.2. The van der Waals surface area contributed by atoms with Gasteiger partial charge in [-0.05, 0) is 38.5 Å². The van der Waals surface area contributed by atoms with Crippen LogP contribution in [-0.2, 0) is 11.3 Å². The summed E-state index contributed by atoms with van der Waals surface area (Å²) in [5.41, 5.74) is 3.92. The summed E-state index contributed by atoms with van der Waals surface area (Å²) < 4.78 is 1.92. The van der Waals surface area contributed by atoms with E-state index in [-0.39, 0.29) is 30.4 Å². The zero-order valence-electron chi connectivity index (χ0n) is 19.4. The van der Waals surface area contributed by atoms with Crippen molar-refractivity contribution < 1.29 is 14.4 Å². The molecule has 7 heteroatoms. The molecule has 0 radical (unpaired) electrons. The predicted molar refractivity (Wildman–Crippen MR) is 130 cm³/mol. The van der Waals surface area contributed by atoms with Crippen molar-refractivity contribution in [2.75, 3.05) is 10.6 Å². The Morgan fingerprint density at radius 2 is 1.64 bits per heavy atom. The van der Waals surface area contributed by atoms with Crippen LogP contribution >= 0.6 is 0 Å². The van der Waals surface area contributed by atoms with E-state index in [9.17, 15) is 14.4 Å². The van der Waals surface area contributed by atoms with Gasteiger partial charge in [-0.3, -0.25) is 19.1 Å². The van der Waals surface area contributed by atoms with E-state index in [0.717, 1.165) is 30.8 Å². The minimum atomic E-state index is -0.277. The van der Waals surface area contributed by atoms with Gasteiger partial charge in [-0.15, -0.1) is 0 Å². The van der Waals surface area contributed by atoms with Gasteiger partial charge in [0.05, 0.1) is 17.1 Å². The fraction of sp³-hybridized carbons (Fsp3) is 0.308. The van der Waals surface area contributed by atoms with Crippen molar-refractivity contribution in [3.63, 3.8) is 0 Å². The normalized spacial score (nSPS) is 10.6. The molecule has 2 N–H and O–H groups in total. The number of carbonyl (C=O) groups excluding carboxylic acids is 3. The van der Waals surface area contributed by atoms with Crippen molar-refractivity contribution >= 4 is 29.0 Å². The summed E-state index contributed by atoms with van der Waals surface area (Å²) >= 11 is 0. The first kappa shape index (κ1) is 23.9. The van der Waals surface area contributed by atoms with E-state index in [4.69, 9.17) is 0 Å². The Morgan fingerprint density at radius 3 is 2.36 bits per heavy atom. The van der Waals surface area contributed by atoms with Crippen LogP contribution < -0.4 is 10.6 Å². The molecule has 2 amide bonds. The Morgan fingerprint density at radius 1 is 0.909 bits per heavy atom. The highest BCUT2D eigenvalue weighted by Gasteiger charge is 2.16. The van der Waals surface area contributed by atoms with Gasteiger partial charge in [0.25, 0.3) is 5.91 Å². The van der Waals surface area contributed by atoms with E-state index >= 15 is 0 Å². The monoisotopic (exact) mass is 446 g/mol. The van der Waals surface area contributed by atoms with Gasteiger partial charge in [0.2, 0.25) is 5.91 Å². The minimum Gasteiger partial charge on any atom is -0.326 e. The molecule has 0 bridgehead atoms. The maximum atomic E-state index is 12.8. The van der Waals surface area contributed by atoms with Gasteiger partial charge in [0, 0.05) is 36.2 Å². The van der Waals surface area contributed by atoms with Crippen molar-refractivity contribution in [1.29, 1.82) is 0 Å². The number of unbranched alkanes of at least 4 members (excludes halogenated alkanes) is 1. The molecule has 0 aliphatic heterocycles. The molecule has 0 unspecified atom stereocenters. The van der Waals surface area contributed by atoms with Crippen LogP contribution in [0.4, 0.5) is 11.4 Å². The molecule has 172 valence electrons. The van der Waals surface area contributed by atoms with Crippen LogP contribution in [0.5, 0.6) is 0 Å². The van der Waals surface area contributed by atoms with Crippen molar-refractivity contribution in [1.82, 2.24) is 9.78 Å². The van der Waals surface area contributed by atoms with Crippen molar-refractivity contribution in [2.45, 2.75) is 53.0 Å². The standard InChI is InChI=1S/C26H30N4O3/c1-4-5-16-30-19(3)25(18(2)29-30)28-26(33)21-12-9-13-22(17-21)27-24(32)15-14-23(31)20-10-7-6-8-11-20/h6-13,17H,4-5,14-16H2,1-3H3,(H,27,32)(H,28,33). The average molecular weight is 447 g/mol. The first-order chi connectivity index (χ1) is 15.9. The highest BCUT2D eigenvalue weighted by Crippen LogP contribution is 2.21. The molecule has 0 aliphatic carbocycles. The highest BCUT2D eigenvalue weighted by atomic mass is 16.2. The van der Waals surface area contributed by atoms with Crippen LogP contribution in [0.2, 0.25) is 0 Å². The molecule has 0 fully saturated rings. The summed E-state index contributed by atoms with van der Waals surface area (Å²) in [5.74, 6) is -0.628. The van der Waals surface area contributed by atoms with E-state index in [1.807, 2.05) is 24.6 Å². The predicted octanol–water partition coefficient (Wildman–Crippen LogP) is 5.15. The van der Waals surface area contributed by atoms with Crippen LogP contribution in [0.1, 0.15) is 64.7 Å². The zero-order chi connectivity index (χ0) is 23.8. The first-order valence-corrected chi connectivity index (χ1v) is 11.2. The second-order valence-electron chi connectivity index (χ2n) is 7.99. The minimum absolute atomic E-state index is 0.0689. The Labute approximate surface area is 194 Å². The van der Waals surface area contributed by atoms with Crippen molar-refractivity contribution in [3.05, 3.63) is 77.1 Å². The summed E-state index contributed by atoms with van der Waals surface area (Å²) in [4.78, 5) is 37.4. The quantitative estimate of drug-likeness (QED) is 0.421. The number of nitrogens with zero attached hydrogens (tertiary/aromatic N) is 2. The molecule has 0 spiro atoms. The lowest BCUT2D eigenvalue weighted by atomic mass is 10.1. The number of ketones is 1. The summed E-state index contributed by atoms with van der Waals surface area (Å²) in [6, 6.07) is 15.6. The van der Waals surface area contributed by atoms with E-state index in [1.54, 1.807) is 48.5 Å². The Balaban J connectivity index is 1.60. The molecule has 1 heterocycles. The molecular weight excluding hydrogens is 416 g/mol. The van der Waals surface area contributed by atoms with E-state index in [2.05, 4.69) is 22.7 Å². The number of hydrogen-bond donors (Lipinski definition) is 2. The van der Waals surface area contributed by atoms with Gasteiger partial charge in [-0.1, -0.05) is 49.7 Å². The molecule has 7 nitrogen and oxygen atoms in total. The Kier molecular flexibility index (Phi) is 8.13. The van der Waals surface area contributed by atoms with Crippen LogP contribution in [-0.4, -0.2) is 27.4 Å². The molecular formula is C26H30N4O3. The van der Waals surface area contributed by atoms with Gasteiger partial charge in [0.1, 0.15) is 0 Å². The lowest BCUT2D eigenvalue weighted by Gasteiger charge is -2.09. The molecule has 3 aromatic rings. The number of anilines is 2. The number of nitrogens with one attached hydrogen (secondary N) is 2. The van der Waals surface area contributed by atoms with Gasteiger partial charge >= 0.3 is 0 Å². The molecule has 0 saturated carbocycles. The van der Waals surface area contributed by atoms with Crippen molar-refractivity contribution in [2.24, 2.45) is 0 Å². The largest absolute Gasteiger partial charge is 0.326 e. The second-order valence-corrected chi connectivity index (χ2v) is 7.99. The maximum absolute atomic E-state index is 12.8. The average Bonchev–Trinajstić information content (AvgIpc) is 3.09. The van der Waals surface area contributed by atoms with Crippen molar-refractivity contribution in [3.8, 4) is 0 Å². The third-order valence-corrected chi connectivity index (χ3v) is 5.43. The summed E-state index contributed by atoms with van der Waals surface area (Å²) in [6.45, 7) is 6.76. The van der Waals surface area contributed by atoms with E-state index < -0.39 is 0 Å². The number of hydrogen-bond acceptors (Lipinski definition) is 4. The third kappa shape index (κ3) is 6.38. The smallest absolute Gasteiger partial charge is 0.255 e. The molecule has 3 rings (SSSR count). The molecule has 33 heavy (non-hydrogen) atoms. The molecule has 0 saturated heterocycles. The third-order valence-electron chi connectivity index (χ3n) is 5.43. The number of carbonyl (C=O) groups is 3. The summed E-state index contributed by atoms with van der Waals surface area (Å²) in [6.07, 6.45) is 2.28. The van der Waals surface area contributed by atoms with Gasteiger partial charge in [0.15, 0.2) is 5.78 Å². The van der Waals surface area contributed by atoms with Crippen LogP contribution in [0, 0.1) is 13.8 Å². The SMILES string of the molecule is CCCCn1nc(C)c(NC(=O)c2cccc(NC(=O)CCC(=O)c3ccccc3)c2)c1C. The number of rotatable bonds is 10. The lowest BCUT2D eigenvalue weighted by molar-refractivity contribution is -0.116. The van der Waals surface area contributed by atoms with Crippen LogP contribution in [0.3, 0.4) is 0 Å². The van der Waals surface area contributed by atoms with E-state index in [0.29, 0.717) is 22.5 Å². The number of aryl methyl sites for hydroxylation is 2. The topological polar surface area (TPSA) is 93.1 Å².